The molecule has 7 nitrogen and oxygen atoms in total. The van der Waals surface area contributed by atoms with E-state index in [0.717, 1.165) is 43.5 Å². The first-order chi connectivity index (χ1) is 11.1. The molecule has 1 aliphatic rings. The van der Waals surface area contributed by atoms with Gasteiger partial charge < -0.3 is 14.4 Å². The molecule has 0 N–H and O–H groups in total. The zero-order valence-electron chi connectivity index (χ0n) is 14.3. The lowest BCUT2D eigenvalue weighted by Crippen LogP contribution is -2.34. The Morgan fingerprint density at radius 3 is 2.61 bits per heavy atom. The Morgan fingerprint density at radius 1 is 1.22 bits per heavy atom. The minimum absolute atomic E-state index is 0.405. The predicted octanol–water partition coefficient (Wildman–Crippen LogP) is 2.10. The molecule has 0 atom stereocenters. The van der Waals surface area contributed by atoms with Crippen LogP contribution in [0.1, 0.15) is 44.5 Å². The van der Waals surface area contributed by atoms with Gasteiger partial charge in [-0.05, 0) is 32.8 Å². The molecule has 7 heteroatoms. The fraction of sp³-hybridized carbons (Fsp3) is 0.625. The first-order valence-corrected chi connectivity index (χ1v) is 8.21. The van der Waals surface area contributed by atoms with Crippen LogP contribution in [-0.2, 0) is 0 Å². The summed E-state index contributed by atoms with van der Waals surface area (Å²) >= 11 is 0. The fourth-order valence-electron chi connectivity index (χ4n) is 3.04. The number of anilines is 2. The van der Waals surface area contributed by atoms with Crippen molar-refractivity contribution < 1.29 is 0 Å². The Hall–Kier alpha value is -2.18. The van der Waals surface area contributed by atoms with Crippen molar-refractivity contribution >= 4 is 11.8 Å². The molecule has 0 radical (unpaired) electrons. The van der Waals surface area contributed by atoms with Gasteiger partial charge in [0, 0.05) is 45.3 Å². The average Bonchev–Trinajstić information content (AvgIpc) is 3.05. The van der Waals surface area contributed by atoms with E-state index in [1.54, 1.807) is 0 Å². The lowest BCUT2D eigenvalue weighted by molar-refractivity contribution is 0.447. The highest BCUT2D eigenvalue weighted by atomic mass is 15.3. The van der Waals surface area contributed by atoms with E-state index in [0.29, 0.717) is 12.0 Å². The Labute approximate surface area is 137 Å². The maximum absolute atomic E-state index is 4.64. The van der Waals surface area contributed by atoms with Crippen LogP contribution >= 0.6 is 0 Å². The molecular weight excluding hydrogens is 290 g/mol. The Kier molecular flexibility index (Phi) is 4.45. The van der Waals surface area contributed by atoms with Crippen LogP contribution in [0.2, 0.25) is 0 Å². The van der Waals surface area contributed by atoms with Gasteiger partial charge in [-0.15, -0.1) is 10.2 Å². The Bertz CT molecular complexity index is 641. The molecule has 0 bridgehead atoms. The largest absolute Gasteiger partial charge is 0.356 e. The van der Waals surface area contributed by atoms with E-state index in [1.165, 1.54) is 0 Å². The van der Waals surface area contributed by atoms with Crippen molar-refractivity contribution in [3.63, 3.8) is 0 Å². The van der Waals surface area contributed by atoms with Gasteiger partial charge in [0.05, 0.1) is 0 Å². The monoisotopic (exact) mass is 315 g/mol. The minimum Gasteiger partial charge on any atom is -0.356 e. The smallest absolute Gasteiger partial charge is 0.226 e. The van der Waals surface area contributed by atoms with Gasteiger partial charge in [0.15, 0.2) is 0 Å². The molecule has 0 aromatic carbocycles. The molecule has 2 aromatic heterocycles. The second-order valence-corrected chi connectivity index (χ2v) is 6.56. The number of hydrogen-bond donors (Lipinski definition) is 0. The first-order valence-electron chi connectivity index (χ1n) is 8.21. The third-order valence-corrected chi connectivity index (χ3v) is 4.37. The molecular formula is C16H25N7. The summed E-state index contributed by atoms with van der Waals surface area (Å²) in [5.41, 5.74) is 0. The second-order valence-electron chi connectivity index (χ2n) is 6.56. The lowest BCUT2D eigenvalue weighted by atomic mass is 9.95. The molecule has 2 aromatic rings. The molecule has 1 fully saturated rings. The SMILES string of the molecule is CC(C)n1cnnc1C1CCN(c2ccnc(N(C)C)n2)CC1. The molecule has 0 saturated carbocycles. The molecule has 1 saturated heterocycles. The van der Waals surface area contributed by atoms with Crippen LogP contribution in [-0.4, -0.2) is 51.9 Å². The van der Waals surface area contributed by atoms with Gasteiger partial charge in [-0.1, -0.05) is 0 Å². The maximum Gasteiger partial charge on any atom is 0.226 e. The zero-order chi connectivity index (χ0) is 16.4. The standard InChI is InChI=1S/C16H25N7/c1-12(2)23-11-18-20-15(23)13-6-9-22(10-7-13)14-5-8-17-16(19-14)21(3)4/h5,8,11-13H,6-7,9-10H2,1-4H3. The van der Waals surface area contributed by atoms with Gasteiger partial charge in [0.1, 0.15) is 18.0 Å². The predicted molar refractivity (Wildman–Crippen MR) is 91.0 cm³/mol. The van der Waals surface area contributed by atoms with E-state index < -0.39 is 0 Å². The van der Waals surface area contributed by atoms with Crippen LogP contribution in [0.3, 0.4) is 0 Å². The topological polar surface area (TPSA) is 63.0 Å². The van der Waals surface area contributed by atoms with Crippen molar-refractivity contribution in [2.45, 2.75) is 38.6 Å². The van der Waals surface area contributed by atoms with Crippen molar-refractivity contribution in [3.05, 3.63) is 24.4 Å². The minimum atomic E-state index is 0.405. The number of piperidine rings is 1. The van der Waals surface area contributed by atoms with Gasteiger partial charge in [0.25, 0.3) is 0 Å². The maximum atomic E-state index is 4.64. The molecule has 3 rings (SSSR count). The van der Waals surface area contributed by atoms with Gasteiger partial charge in [-0.25, -0.2) is 4.98 Å². The quantitative estimate of drug-likeness (QED) is 0.861. The summed E-state index contributed by atoms with van der Waals surface area (Å²) < 4.78 is 2.19. The van der Waals surface area contributed by atoms with Gasteiger partial charge >= 0.3 is 0 Å². The summed E-state index contributed by atoms with van der Waals surface area (Å²) in [5, 5.41) is 8.46. The average molecular weight is 315 g/mol. The number of nitrogens with zero attached hydrogens (tertiary/aromatic N) is 7. The van der Waals surface area contributed by atoms with Crippen molar-refractivity contribution in [3.8, 4) is 0 Å². The summed E-state index contributed by atoms with van der Waals surface area (Å²) in [6.45, 7) is 6.32. The summed E-state index contributed by atoms with van der Waals surface area (Å²) in [4.78, 5) is 13.2. The second kappa shape index (κ2) is 6.52. The van der Waals surface area contributed by atoms with E-state index in [2.05, 4.69) is 43.5 Å². The number of hydrogen-bond acceptors (Lipinski definition) is 6. The van der Waals surface area contributed by atoms with Gasteiger partial charge in [-0.2, -0.15) is 4.98 Å². The van der Waals surface area contributed by atoms with Crippen LogP contribution in [0.4, 0.5) is 11.8 Å². The van der Waals surface area contributed by atoms with Crippen molar-refractivity contribution in [2.24, 2.45) is 0 Å². The molecule has 0 unspecified atom stereocenters. The third-order valence-electron chi connectivity index (χ3n) is 4.37. The van der Waals surface area contributed by atoms with Crippen molar-refractivity contribution in [2.75, 3.05) is 37.0 Å². The van der Waals surface area contributed by atoms with Crippen LogP contribution < -0.4 is 9.80 Å². The number of rotatable bonds is 4. The Morgan fingerprint density at radius 2 is 1.96 bits per heavy atom. The third kappa shape index (κ3) is 3.28. The van der Waals surface area contributed by atoms with Crippen molar-refractivity contribution in [1.82, 2.24) is 24.7 Å². The van der Waals surface area contributed by atoms with E-state index in [9.17, 15) is 0 Å². The molecule has 124 valence electrons. The summed E-state index contributed by atoms with van der Waals surface area (Å²) in [7, 11) is 3.92. The normalized spacial score (nSPS) is 16.1. The number of aromatic nitrogens is 5. The zero-order valence-corrected chi connectivity index (χ0v) is 14.3. The van der Waals surface area contributed by atoms with Crippen LogP contribution in [0, 0.1) is 0 Å². The molecule has 0 aliphatic carbocycles. The molecule has 0 spiro atoms. The van der Waals surface area contributed by atoms with Crippen LogP contribution in [0.25, 0.3) is 0 Å². The van der Waals surface area contributed by atoms with E-state index in [4.69, 9.17) is 0 Å². The molecule has 0 amide bonds. The van der Waals surface area contributed by atoms with Crippen molar-refractivity contribution in [1.29, 1.82) is 0 Å². The summed E-state index contributed by atoms with van der Waals surface area (Å²) in [6, 6.07) is 2.40. The van der Waals surface area contributed by atoms with Crippen LogP contribution in [0.5, 0.6) is 0 Å². The molecule has 23 heavy (non-hydrogen) atoms. The Balaban J connectivity index is 1.69. The van der Waals surface area contributed by atoms with Gasteiger partial charge in [0.2, 0.25) is 5.95 Å². The van der Waals surface area contributed by atoms with E-state index in [-0.39, 0.29) is 0 Å². The highest BCUT2D eigenvalue weighted by Crippen LogP contribution is 2.30. The highest BCUT2D eigenvalue weighted by molar-refractivity contribution is 5.43. The van der Waals surface area contributed by atoms with E-state index >= 15 is 0 Å². The first kappa shape index (κ1) is 15.7. The molecule has 1 aliphatic heterocycles. The van der Waals surface area contributed by atoms with Gasteiger partial charge in [-0.3, -0.25) is 0 Å². The van der Waals surface area contributed by atoms with Crippen LogP contribution in [0.15, 0.2) is 18.6 Å². The van der Waals surface area contributed by atoms with E-state index in [1.807, 2.05) is 37.6 Å². The summed E-state index contributed by atoms with van der Waals surface area (Å²) in [6.07, 6.45) is 5.83. The highest BCUT2D eigenvalue weighted by Gasteiger charge is 2.26. The fourth-order valence-corrected chi connectivity index (χ4v) is 3.04. The summed E-state index contributed by atoms with van der Waals surface area (Å²) in [5.74, 6) is 3.36. The lowest BCUT2D eigenvalue weighted by Gasteiger charge is -2.33. The molecule has 3 heterocycles.